The Morgan fingerprint density at radius 3 is 2.27 bits per heavy atom. The molecule has 2 heterocycles. The highest BCUT2D eigenvalue weighted by atomic mass is 32.2. The first-order valence-corrected chi connectivity index (χ1v) is 12.4. The van der Waals surface area contributed by atoms with Crippen molar-refractivity contribution in [2.75, 3.05) is 26.2 Å². The van der Waals surface area contributed by atoms with E-state index in [2.05, 4.69) is 34.1 Å². The topological polar surface area (TPSA) is 80.2 Å². The second-order valence-corrected chi connectivity index (χ2v) is 10.1. The minimum atomic E-state index is -3.70. The Labute approximate surface area is 193 Å². The number of H-pyrrole nitrogens is 1. The number of piperazine rings is 1. The summed E-state index contributed by atoms with van der Waals surface area (Å²) in [6, 6.07) is 27.0. The number of hydrogen-bond donors (Lipinski definition) is 1. The molecule has 1 saturated heterocycles. The smallest absolute Gasteiger partial charge is 0.244 e. The van der Waals surface area contributed by atoms with Crippen LogP contribution in [0.4, 0.5) is 0 Å². The lowest BCUT2D eigenvalue weighted by Gasteiger charge is -2.34. The van der Waals surface area contributed by atoms with Crippen molar-refractivity contribution in [3.63, 3.8) is 0 Å². The zero-order chi connectivity index (χ0) is 22.8. The molecule has 0 bridgehead atoms. The van der Waals surface area contributed by atoms with E-state index in [-0.39, 0.29) is 10.5 Å². The van der Waals surface area contributed by atoms with Crippen molar-refractivity contribution in [3.8, 4) is 17.3 Å². The summed E-state index contributed by atoms with van der Waals surface area (Å²) in [6.07, 6.45) is 0. The lowest BCUT2D eigenvalue weighted by atomic mass is 10.0. The van der Waals surface area contributed by atoms with E-state index in [9.17, 15) is 13.7 Å². The van der Waals surface area contributed by atoms with Crippen molar-refractivity contribution in [2.45, 2.75) is 11.4 Å². The molecule has 5 rings (SSSR count). The molecule has 0 radical (unpaired) electrons. The van der Waals surface area contributed by atoms with Crippen molar-refractivity contribution in [2.24, 2.45) is 0 Å². The molecule has 1 aromatic heterocycles. The number of benzene rings is 3. The maximum atomic E-state index is 13.2. The zero-order valence-corrected chi connectivity index (χ0v) is 18.9. The second-order valence-electron chi connectivity index (χ2n) is 8.18. The summed E-state index contributed by atoms with van der Waals surface area (Å²) in [6.45, 7) is 2.77. The third-order valence-electron chi connectivity index (χ3n) is 6.21. The number of nitrogens with one attached hydrogen (secondary N) is 1. The van der Waals surface area contributed by atoms with Gasteiger partial charge in [-0.3, -0.25) is 4.90 Å². The van der Waals surface area contributed by atoms with Gasteiger partial charge in [-0.1, -0.05) is 60.7 Å². The van der Waals surface area contributed by atoms with Gasteiger partial charge in [0.05, 0.1) is 16.2 Å². The van der Waals surface area contributed by atoms with E-state index in [1.54, 1.807) is 18.2 Å². The molecule has 0 aliphatic carbocycles. The molecule has 1 aliphatic rings. The molecule has 1 N–H and O–H groups in total. The first kappa shape index (κ1) is 21.4. The predicted molar refractivity (Wildman–Crippen MR) is 129 cm³/mol. The number of aromatic amines is 1. The van der Waals surface area contributed by atoms with Crippen LogP contribution in [-0.2, 0) is 16.6 Å². The van der Waals surface area contributed by atoms with Crippen LogP contribution in [0.15, 0.2) is 83.8 Å². The summed E-state index contributed by atoms with van der Waals surface area (Å²) >= 11 is 0. The lowest BCUT2D eigenvalue weighted by molar-refractivity contribution is 0.182. The average molecular weight is 457 g/mol. The van der Waals surface area contributed by atoms with E-state index < -0.39 is 10.0 Å². The number of fused-ring (bicyclic) bond motifs is 1. The summed E-state index contributed by atoms with van der Waals surface area (Å²) < 4.78 is 27.8. The molecule has 0 saturated carbocycles. The van der Waals surface area contributed by atoms with Gasteiger partial charge >= 0.3 is 0 Å². The van der Waals surface area contributed by atoms with E-state index in [0.29, 0.717) is 26.2 Å². The molecule has 6 nitrogen and oxygen atoms in total. The Hall–Kier alpha value is -3.44. The number of nitriles is 1. The highest BCUT2D eigenvalue weighted by Crippen LogP contribution is 2.32. The zero-order valence-electron chi connectivity index (χ0n) is 18.1. The van der Waals surface area contributed by atoms with Gasteiger partial charge in [-0.05, 0) is 29.3 Å². The fraction of sp³-hybridized carbons (Fsp3) is 0.192. The highest BCUT2D eigenvalue weighted by Gasteiger charge is 2.30. The van der Waals surface area contributed by atoms with Gasteiger partial charge < -0.3 is 4.98 Å². The third kappa shape index (κ3) is 4.05. The fourth-order valence-electron chi connectivity index (χ4n) is 4.49. The molecular weight excluding hydrogens is 432 g/mol. The summed E-state index contributed by atoms with van der Waals surface area (Å²) in [5, 5.41) is 10.5. The Kier molecular flexibility index (Phi) is 5.73. The largest absolute Gasteiger partial charge is 0.354 e. The van der Waals surface area contributed by atoms with E-state index in [1.807, 2.05) is 36.4 Å². The normalized spacial score (nSPS) is 15.5. The number of sulfonamides is 1. The van der Waals surface area contributed by atoms with Crippen LogP contribution in [0.25, 0.3) is 22.2 Å². The maximum absolute atomic E-state index is 13.2. The number of nitrogens with zero attached hydrogens (tertiary/aromatic N) is 3. The Bertz CT molecular complexity index is 1430. The van der Waals surface area contributed by atoms with Crippen LogP contribution in [0, 0.1) is 11.3 Å². The summed E-state index contributed by atoms with van der Waals surface area (Å²) in [5.74, 6) is 0. The fourth-order valence-corrected chi connectivity index (χ4v) is 6.05. The van der Waals surface area contributed by atoms with Gasteiger partial charge in [0.2, 0.25) is 10.0 Å². The van der Waals surface area contributed by atoms with E-state index in [0.717, 1.165) is 23.3 Å². The summed E-state index contributed by atoms with van der Waals surface area (Å²) in [4.78, 5) is 5.96. The number of rotatable bonds is 5. The first-order chi connectivity index (χ1) is 16.1. The number of aromatic nitrogens is 1. The Balaban J connectivity index is 1.38. The van der Waals surface area contributed by atoms with Gasteiger partial charge in [-0.25, -0.2) is 8.42 Å². The SMILES string of the molecule is N#Cc1ccccc1S(=O)(=O)N1CCN(Cc2c(-c3ccccc3)[nH]c3ccccc23)CC1. The standard InChI is InChI=1S/C26H24N4O2S/c27-18-21-10-4-7-13-25(21)33(31,32)30-16-14-29(15-17-30)19-23-22-11-5-6-12-24(22)28-26(23)20-8-2-1-3-9-20/h1-13,28H,14-17,19H2. The number of para-hydroxylation sites is 1. The van der Waals surface area contributed by atoms with Crippen LogP contribution in [0.3, 0.4) is 0 Å². The van der Waals surface area contributed by atoms with Crippen molar-refractivity contribution in [1.29, 1.82) is 5.26 Å². The first-order valence-electron chi connectivity index (χ1n) is 10.9. The molecule has 4 aromatic rings. The second kappa shape index (κ2) is 8.83. The molecule has 166 valence electrons. The number of hydrogen-bond acceptors (Lipinski definition) is 4. The van der Waals surface area contributed by atoms with E-state index >= 15 is 0 Å². The molecule has 7 heteroatoms. The summed E-state index contributed by atoms with van der Waals surface area (Å²) in [5.41, 5.74) is 4.75. The van der Waals surface area contributed by atoms with Crippen molar-refractivity contribution < 1.29 is 8.42 Å². The molecule has 0 atom stereocenters. The van der Waals surface area contributed by atoms with E-state index in [4.69, 9.17) is 0 Å². The quantitative estimate of drug-likeness (QED) is 0.488. The van der Waals surface area contributed by atoms with Gasteiger partial charge in [-0.2, -0.15) is 9.57 Å². The molecule has 0 amide bonds. The minimum absolute atomic E-state index is 0.0870. The van der Waals surface area contributed by atoms with Crippen molar-refractivity contribution in [1.82, 2.24) is 14.2 Å². The predicted octanol–water partition coefficient (Wildman–Crippen LogP) is 4.21. The van der Waals surface area contributed by atoms with Gasteiger partial charge in [0, 0.05) is 43.6 Å². The lowest BCUT2D eigenvalue weighted by Crippen LogP contribution is -2.48. The van der Waals surface area contributed by atoms with Crippen molar-refractivity contribution >= 4 is 20.9 Å². The van der Waals surface area contributed by atoms with E-state index in [1.165, 1.54) is 21.3 Å². The van der Waals surface area contributed by atoms with Crippen LogP contribution in [-0.4, -0.2) is 48.8 Å². The molecule has 1 aliphatic heterocycles. The summed E-state index contributed by atoms with van der Waals surface area (Å²) in [7, 11) is -3.70. The monoisotopic (exact) mass is 456 g/mol. The third-order valence-corrected chi connectivity index (χ3v) is 8.17. The molecule has 1 fully saturated rings. The van der Waals surface area contributed by atoms with Gasteiger partial charge in [0.25, 0.3) is 0 Å². The Morgan fingerprint density at radius 2 is 1.52 bits per heavy atom. The molecule has 3 aromatic carbocycles. The Morgan fingerprint density at radius 1 is 0.848 bits per heavy atom. The van der Waals surface area contributed by atoms with Crippen LogP contribution >= 0.6 is 0 Å². The van der Waals surface area contributed by atoms with Crippen molar-refractivity contribution in [3.05, 3.63) is 90.0 Å². The molecule has 33 heavy (non-hydrogen) atoms. The van der Waals surface area contributed by atoms with Crippen LogP contribution < -0.4 is 0 Å². The highest BCUT2D eigenvalue weighted by molar-refractivity contribution is 7.89. The van der Waals surface area contributed by atoms with Crippen LogP contribution in [0.5, 0.6) is 0 Å². The van der Waals surface area contributed by atoms with Gasteiger partial charge in [-0.15, -0.1) is 0 Å². The van der Waals surface area contributed by atoms with Gasteiger partial charge in [0.15, 0.2) is 0 Å². The molecular formula is C26H24N4O2S. The van der Waals surface area contributed by atoms with Gasteiger partial charge in [0.1, 0.15) is 6.07 Å². The molecule has 0 unspecified atom stereocenters. The van der Waals surface area contributed by atoms with Crippen LogP contribution in [0.2, 0.25) is 0 Å². The maximum Gasteiger partial charge on any atom is 0.244 e. The van der Waals surface area contributed by atoms with Crippen LogP contribution in [0.1, 0.15) is 11.1 Å². The molecule has 0 spiro atoms. The minimum Gasteiger partial charge on any atom is -0.354 e. The average Bonchev–Trinajstić information content (AvgIpc) is 3.23.